The molecule has 2 amide bonds. The molecule has 0 saturated heterocycles. The zero-order chi connectivity index (χ0) is 19.6. The zero-order valence-corrected chi connectivity index (χ0v) is 17.5. The summed E-state index contributed by atoms with van der Waals surface area (Å²) < 4.78 is 26.9. The molecule has 150 valence electrons. The smallest absolute Gasteiger partial charge is 0.307 e. The molecule has 5 nitrogen and oxygen atoms in total. The molecule has 2 N–H and O–H groups in total. The van der Waals surface area contributed by atoms with Crippen molar-refractivity contribution in [2.45, 2.75) is 72.1 Å². The van der Waals surface area contributed by atoms with Gasteiger partial charge >= 0.3 is 6.03 Å². The number of rotatable bonds is 7. The van der Waals surface area contributed by atoms with E-state index < -0.39 is 16.1 Å². The van der Waals surface area contributed by atoms with E-state index in [9.17, 15) is 13.2 Å². The maximum atomic E-state index is 12.4. The first-order chi connectivity index (χ1) is 12.7. The number of sulfonamides is 1. The van der Waals surface area contributed by atoms with Gasteiger partial charge in [0.15, 0.2) is 0 Å². The lowest BCUT2D eigenvalue weighted by Crippen LogP contribution is -2.36. The molecule has 0 aliphatic heterocycles. The Kier molecular flexibility index (Phi) is 6.14. The summed E-state index contributed by atoms with van der Waals surface area (Å²) in [4.78, 5) is 12.4. The Bertz CT molecular complexity index is 783. The van der Waals surface area contributed by atoms with Crippen molar-refractivity contribution in [2.75, 3.05) is 11.1 Å². The summed E-state index contributed by atoms with van der Waals surface area (Å²) in [6.07, 6.45) is 7.76. The molecule has 0 saturated carbocycles. The number of carbonyl (C=O) groups excluding carboxylic acids is 1. The van der Waals surface area contributed by atoms with Crippen molar-refractivity contribution in [1.29, 1.82) is 0 Å². The Balaban J connectivity index is 1.65. The highest BCUT2D eigenvalue weighted by Gasteiger charge is 2.26. The largest absolute Gasteiger partial charge is 0.332 e. The normalized spacial score (nSPS) is 16.9. The van der Waals surface area contributed by atoms with Gasteiger partial charge < -0.3 is 5.32 Å². The monoisotopic (exact) mass is 392 g/mol. The van der Waals surface area contributed by atoms with Crippen LogP contribution < -0.4 is 10.0 Å². The standard InChI is InChI=1S/C21H32N2O3S/c1-14(2)12-15(3)10-11-27(25,26)23-21(24)22-20-18-8-4-6-16(18)13-17-7-5-9-19(17)20/h13-15H,4-12H2,1-3H3,(H2,22,23,24). The molecule has 1 aromatic carbocycles. The van der Waals surface area contributed by atoms with Gasteiger partial charge in [0.25, 0.3) is 0 Å². The molecule has 2 aliphatic carbocycles. The van der Waals surface area contributed by atoms with Crippen molar-refractivity contribution in [3.63, 3.8) is 0 Å². The second-order valence-corrected chi connectivity index (χ2v) is 10.5. The van der Waals surface area contributed by atoms with Crippen molar-refractivity contribution >= 4 is 21.7 Å². The fourth-order valence-corrected chi connectivity index (χ4v) is 5.73. The topological polar surface area (TPSA) is 75.3 Å². The van der Waals surface area contributed by atoms with Gasteiger partial charge in [-0.25, -0.2) is 17.9 Å². The van der Waals surface area contributed by atoms with Gasteiger partial charge in [-0.3, -0.25) is 0 Å². The quantitative estimate of drug-likeness (QED) is 0.731. The van der Waals surface area contributed by atoms with Crippen LogP contribution in [-0.4, -0.2) is 20.2 Å². The van der Waals surface area contributed by atoms with Crippen LogP contribution in [0, 0.1) is 11.8 Å². The van der Waals surface area contributed by atoms with E-state index in [-0.39, 0.29) is 5.75 Å². The van der Waals surface area contributed by atoms with Crippen molar-refractivity contribution in [1.82, 2.24) is 4.72 Å². The SMILES string of the molecule is CC(C)CC(C)CCS(=O)(=O)NC(=O)Nc1c2c(cc3c1CCC3)CCC2. The molecule has 27 heavy (non-hydrogen) atoms. The van der Waals surface area contributed by atoms with Gasteiger partial charge in [0.2, 0.25) is 10.0 Å². The molecule has 0 bridgehead atoms. The van der Waals surface area contributed by atoms with E-state index in [0.717, 1.165) is 50.6 Å². The van der Waals surface area contributed by atoms with Crippen LogP contribution >= 0.6 is 0 Å². The summed E-state index contributed by atoms with van der Waals surface area (Å²) in [7, 11) is -3.62. The Morgan fingerprint density at radius 2 is 1.63 bits per heavy atom. The Morgan fingerprint density at radius 1 is 1.04 bits per heavy atom. The summed E-state index contributed by atoms with van der Waals surface area (Å²) >= 11 is 0. The molecular formula is C21H32N2O3S. The van der Waals surface area contributed by atoms with Crippen molar-refractivity contribution < 1.29 is 13.2 Å². The van der Waals surface area contributed by atoms with Gasteiger partial charge in [0.05, 0.1) is 5.75 Å². The lowest BCUT2D eigenvalue weighted by atomic mass is 9.97. The molecule has 3 rings (SSSR count). The second kappa shape index (κ2) is 8.21. The van der Waals surface area contributed by atoms with Crippen LogP contribution in [-0.2, 0) is 35.7 Å². The number of nitrogens with one attached hydrogen (secondary N) is 2. The molecule has 0 heterocycles. The van der Waals surface area contributed by atoms with Gasteiger partial charge in [0.1, 0.15) is 0 Å². The summed E-state index contributed by atoms with van der Waals surface area (Å²) in [6, 6.07) is 1.67. The molecule has 0 radical (unpaired) electrons. The molecule has 0 spiro atoms. The fourth-order valence-electron chi connectivity index (χ4n) is 4.58. The van der Waals surface area contributed by atoms with E-state index in [0.29, 0.717) is 18.3 Å². The van der Waals surface area contributed by atoms with E-state index in [2.05, 4.69) is 36.9 Å². The molecular weight excluding hydrogens is 360 g/mol. The van der Waals surface area contributed by atoms with Crippen LogP contribution in [0.5, 0.6) is 0 Å². The minimum atomic E-state index is -3.62. The number of hydrogen-bond donors (Lipinski definition) is 2. The summed E-state index contributed by atoms with van der Waals surface area (Å²) in [5.41, 5.74) is 5.91. The maximum absolute atomic E-state index is 12.4. The van der Waals surface area contributed by atoms with Crippen molar-refractivity contribution in [3.05, 3.63) is 28.3 Å². The summed E-state index contributed by atoms with van der Waals surface area (Å²) in [5.74, 6) is 0.853. The number of aryl methyl sites for hydroxylation is 2. The average Bonchev–Trinajstić information content (AvgIpc) is 3.20. The van der Waals surface area contributed by atoms with Crippen LogP contribution in [0.3, 0.4) is 0 Å². The van der Waals surface area contributed by atoms with E-state index in [4.69, 9.17) is 0 Å². The van der Waals surface area contributed by atoms with Crippen LogP contribution in [0.1, 0.15) is 68.7 Å². The number of carbonyl (C=O) groups is 1. The first-order valence-corrected chi connectivity index (χ1v) is 11.9. The van der Waals surface area contributed by atoms with Crippen LogP contribution in [0.25, 0.3) is 0 Å². The molecule has 1 aromatic rings. The van der Waals surface area contributed by atoms with Crippen LogP contribution in [0.2, 0.25) is 0 Å². The molecule has 2 aliphatic rings. The van der Waals surface area contributed by atoms with Gasteiger partial charge in [-0.1, -0.05) is 26.8 Å². The predicted molar refractivity (Wildman–Crippen MR) is 110 cm³/mol. The molecule has 1 atom stereocenters. The minimum absolute atomic E-state index is 0.0146. The minimum Gasteiger partial charge on any atom is -0.307 e. The third-order valence-corrected chi connectivity index (χ3v) is 6.98. The van der Waals surface area contributed by atoms with Crippen LogP contribution in [0.4, 0.5) is 10.5 Å². The fraction of sp³-hybridized carbons (Fsp3) is 0.667. The average molecular weight is 393 g/mol. The molecule has 0 aromatic heterocycles. The highest BCUT2D eigenvalue weighted by molar-refractivity contribution is 7.90. The Labute approximate surface area is 163 Å². The van der Waals surface area contributed by atoms with Crippen molar-refractivity contribution in [3.8, 4) is 0 Å². The van der Waals surface area contributed by atoms with E-state index in [1.54, 1.807) is 0 Å². The Morgan fingerprint density at radius 3 is 2.19 bits per heavy atom. The van der Waals surface area contributed by atoms with Gasteiger partial charge in [-0.2, -0.15) is 0 Å². The van der Waals surface area contributed by atoms with Gasteiger partial charge in [0, 0.05) is 5.69 Å². The molecule has 0 fully saturated rings. The number of hydrogen-bond acceptors (Lipinski definition) is 3. The second-order valence-electron chi connectivity index (χ2n) is 8.63. The molecule has 6 heteroatoms. The third kappa shape index (κ3) is 5.03. The first-order valence-electron chi connectivity index (χ1n) is 10.2. The zero-order valence-electron chi connectivity index (χ0n) is 16.7. The summed E-state index contributed by atoms with van der Waals surface area (Å²) in [5, 5.41) is 2.89. The van der Waals surface area contributed by atoms with Gasteiger partial charge in [-0.15, -0.1) is 0 Å². The first kappa shape index (κ1) is 20.2. The van der Waals surface area contributed by atoms with Gasteiger partial charge in [-0.05, 0) is 85.5 Å². The number of benzene rings is 1. The third-order valence-electron chi connectivity index (χ3n) is 5.71. The lowest BCUT2D eigenvalue weighted by Gasteiger charge is -2.17. The van der Waals surface area contributed by atoms with E-state index >= 15 is 0 Å². The van der Waals surface area contributed by atoms with E-state index in [1.165, 1.54) is 22.3 Å². The number of anilines is 1. The number of fused-ring (bicyclic) bond motifs is 2. The van der Waals surface area contributed by atoms with E-state index in [1.807, 2.05) is 0 Å². The number of amides is 2. The highest BCUT2D eigenvalue weighted by Crippen LogP contribution is 2.38. The van der Waals surface area contributed by atoms with Crippen molar-refractivity contribution in [2.24, 2.45) is 11.8 Å². The molecule has 1 unspecified atom stereocenters. The number of urea groups is 1. The Hall–Kier alpha value is -1.56. The summed E-state index contributed by atoms with van der Waals surface area (Å²) in [6.45, 7) is 6.33. The van der Waals surface area contributed by atoms with Crippen LogP contribution in [0.15, 0.2) is 6.07 Å². The maximum Gasteiger partial charge on any atom is 0.332 e. The lowest BCUT2D eigenvalue weighted by molar-refractivity contribution is 0.256. The predicted octanol–water partition coefficient (Wildman–Crippen LogP) is 4.19. The highest BCUT2D eigenvalue weighted by atomic mass is 32.2.